The summed E-state index contributed by atoms with van der Waals surface area (Å²) in [4.78, 5) is 28.2. The number of hydrogen-bond acceptors (Lipinski definition) is 6. The number of anilines is 2. The molecule has 3 aromatic carbocycles. The van der Waals surface area contributed by atoms with Gasteiger partial charge in [-0.1, -0.05) is 35.9 Å². The zero-order chi connectivity index (χ0) is 22.2. The van der Waals surface area contributed by atoms with Crippen molar-refractivity contribution in [3.05, 3.63) is 83.6 Å². The van der Waals surface area contributed by atoms with Gasteiger partial charge in [0.05, 0.1) is 18.4 Å². The van der Waals surface area contributed by atoms with Crippen molar-refractivity contribution in [2.24, 2.45) is 0 Å². The summed E-state index contributed by atoms with van der Waals surface area (Å²) in [5, 5.41) is 3.14. The Labute approximate surface area is 184 Å². The number of imide groups is 1. The molecule has 0 bridgehead atoms. The van der Waals surface area contributed by atoms with Crippen molar-refractivity contribution >= 4 is 28.8 Å². The van der Waals surface area contributed by atoms with E-state index in [1.807, 2.05) is 31.2 Å². The third kappa shape index (κ3) is 3.33. The Balaban J connectivity index is 1.59. The number of carbonyl (C=O) groups excluding carboxylic acids is 2. The number of amides is 2. The van der Waals surface area contributed by atoms with E-state index in [2.05, 4.69) is 5.32 Å². The van der Waals surface area contributed by atoms with Crippen LogP contribution in [0, 0.1) is 6.92 Å². The molecule has 7 heteroatoms. The fourth-order valence-electron chi connectivity index (χ4n) is 3.74. The summed E-state index contributed by atoms with van der Waals surface area (Å²) in [5.41, 5.74) is 3.26. The number of aryl methyl sites for hydroxylation is 1. The minimum atomic E-state index is -0.448. The second-order valence-corrected chi connectivity index (χ2v) is 7.46. The highest BCUT2D eigenvalue weighted by atomic mass is 16.7. The maximum atomic E-state index is 13.5. The molecule has 1 N–H and O–H groups in total. The summed E-state index contributed by atoms with van der Waals surface area (Å²) in [6.07, 6.45) is 0. The van der Waals surface area contributed by atoms with E-state index < -0.39 is 11.8 Å². The van der Waals surface area contributed by atoms with Gasteiger partial charge in [0.2, 0.25) is 6.79 Å². The lowest BCUT2D eigenvalue weighted by Gasteiger charge is -2.16. The minimum absolute atomic E-state index is 0.150. The first-order valence-electron chi connectivity index (χ1n) is 10.1. The molecule has 2 aliphatic rings. The molecule has 0 spiro atoms. The third-order valence-electron chi connectivity index (χ3n) is 5.38. The van der Waals surface area contributed by atoms with Gasteiger partial charge in [0.1, 0.15) is 11.4 Å². The Kier molecular flexibility index (Phi) is 4.78. The van der Waals surface area contributed by atoms with Crippen molar-refractivity contribution in [1.29, 1.82) is 0 Å². The van der Waals surface area contributed by atoms with Crippen LogP contribution < -0.4 is 24.4 Å². The number of carbonyl (C=O) groups is 2. The molecule has 32 heavy (non-hydrogen) atoms. The van der Waals surface area contributed by atoms with E-state index in [4.69, 9.17) is 14.2 Å². The molecule has 2 heterocycles. The molecule has 0 fully saturated rings. The Morgan fingerprint density at radius 2 is 1.69 bits per heavy atom. The Hall–Kier alpha value is -4.26. The van der Waals surface area contributed by atoms with Crippen LogP contribution in [0.4, 0.5) is 11.4 Å². The van der Waals surface area contributed by atoms with E-state index in [-0.39, 0.29) is 12.5 Å². The molecule has 3 aromatic rings. The van der Waals surface area contributed by atoms with Gasteiger partial charge in [0, 0.05) is 17.8 Å². The minimum Gasteiger partial charge on any atom is -0.497 e. The average Bonchev–Trinajstić information content (AvgIpc) is 3.36. The van der Waals surface area contributed by atoms with Gasteiger partial charge in [-0.05, 0) is 36.8 Å². The van der Waals surface area contributed by atoms with Gasteiger partial charge in [-0.3, -0.25) is 9.59 Å². The number of methoxy groups -OCH3 is 1. The van der Waals surface area contributed by atoms with Gasteiger partial charge < -0.3 is 19.5 Å². The normalized spacial score (nSPS) is 14.9. The van der Waals surface area contributed by atoms with E-state index in [1.165, 1.54) is 7.11 Å². The van der Waals surface area contributed by atoms with Gasteiger partial charge in [-0.25, -0.2) is 4.90 Å². The molecule has 0 atom stereocenters. The van der Waals surface area contributed by atoms with Crippen molar-refractivity contribution in [2.75, 3.05) is 24.1 Å². The second-order valence-electron chi connectivity index (χ2n) is 7.46. The maximum absolute atomic E-state index is 13.5. The van der Waals surface area contributed by atoms with Crippen LogP contribution in [0.15, 0.2) is 72.4 Å². The Morgan fingerprint density at radius 1 is 0.906 bits per heavy atom. The highest BCUT2D eigenvalue weighted by Crippen LogP contribution is 2.38. The lowest BCUT2D eigenvalue weighted by Crippen LogP contribution is -2.32. The van der Waals surface area contributed by atoms with E-state index in [0.29, 0.717) is 39.8 Å². The topological polar surface area (TPSA) is 77.1 Å². The van der Waals surface area contributed by atoms with Crippen molar-refractivity contribution in [3.8, 4) is 17.2 Å². The fourth-order valence-corrected chi connectivity index (χ4v) is 3.74. The monoisotopic (exact) mass is 428 g/mol. The van der Waals surface area contributed by atoms with Crippen molar-refractivity contribution in [3.63, 3.8) is 0 Å². The first-order chi connectivity index (χ1) is 15.5. The molecule has 160 valence electrons. The van der Waals surface area contributed by atoms with Crippen LogP contribution in [0.25, 0.3) is 5.57 Å². The molecule has 0 aromatic heterocycles. The number of nitrogens with zero attached hydrogens (tertiary/aromatic N) is 1. The third-order valence-corrected chi connectivity index (χ3v) is 5.38. The van der Waals surface area contributed by atoms with Crippen LogP contribution in [0.3, 0.4) is 0 Å². The number of hydrogen-bond donors (Lipinski definition) is 1. The molecule has 7 nitrogen and oxygen atoms in total. The van der Waals surface area contributed by atoms with Gasteiger partial charge in [0.25, 0.3) is 11.8 Å². The summed E-state index contributed by atoms with van der Waals surface area (Å²) in [6.45, 7) is 2.12. The molecule has 0 unspecified atom stereocenters. The van der Waals surface area contributed by atoms with Crippen LogP contribution in [-0.4, -0.2) is 25.7 Å². The number of rotatable bonds is 5. The smallest absolute Gasteiger partial charge is 0.282 e. The Bertz CT molecular complexity index is 1260. The van der Waals surface area contributed by atoms with Crippen molar-refractivity contribution in [2.45, 2.75) is 6.92 Å². The molecule has 0 aliphatic carbocycles. The summed E-state index contributed by atoms with van der Waals surface area (Å²) in [7, 11) is 1.54. The molecule has 2 amide bonds. The van der Waals surface area contributed by atoms with Gasteiger partial charge in [-0.2, -0.15) is 0 Å². The molecular formula is C25H20N2O5. The van der Waals surface area contributed by atoms with Crippen LogP contribution in [-0.2, 0) is 9.59 Å². The van der Waals surface area contributed by atoms with Crippen molar-refractivity contribution < 1.29 is 23.8 Å². The lowest BCUT2D eigenvalue weighted by molar-refractivity contribution is -0.120. The SMILES string of the molecule is COc1cccc(N2C(=O)C(Nc3ccc4c(c3)OCO4)=C(c3ccc(C)cc3)C2=O)c1. The standard InChI is InChI=1S/C25H20N2O5/c1-15-6-8-16(9-7-15)22-23(26-17-10-11-20-21(12-17)32-14-31-20)25(29)27(24(22)28)18-4-3-5-19(13-18)30-2/h3-13,26H,14H2,1-2H3. The van der Waals surface area contributed by atoms with Crippen LogP contribution in [0.5, 0.6) is 17.2 Å². The van der Waals surface area contributed by atoms with E-state index in [9.17, 15) is 9.59 Å². The van der Waals surface area contributed by atoms with Crippen LogP contribution >= 0.6 is 0 Å². The van der Waals surface area contributed by atoms with Gasteiger partial charge in [-0.15, -0.1) is 0 Å². The predicted octanol–water partition coefficient (Wildman–Crippen LogP) is 4.13. The van der Waals surface area contributed by atoms with Gasteiger partial charge in [0.15, 0.2) is 11.5 Å². The second kappa shape index (κ2) is 7.77. The van der Waals surface area contributed by atoms with Crippen LogP contribution in [0.2, 0.25) is 0 Å². The summed E-state index contributed by atoms with van der Waals surface area (Å²) >= 11 is 0. The zero-order valence-corrected chi connectivity index (χ0v) is 17.5. The van der Waals surface area contributed by atoms with Gasteiger partial charge >= 0.3 is 0 Å². The first kappa shape index (κ1) is 19.7. The highest BCUT2D eigenvalue weighted by molar-refractivity contribution is 6.46. The largest absolute Gasteiger partial charge is 0.497 e. The number of fused-ring (bicyclic) bond motifs is 1. The summed E-state index contributed by atoms with van der Waals surface area (Å²) in [5.74, 6) is 0.910. The first-order valence-corrected chi connectivity index (χ1v) is 10.1. The van der Waals surface area contributed by atoms with E-state index in [1.54, 1.807) is 42.5 Å². The quantitative estimate of drug-likeness (QED) is 0.616. The maximum Gasteiger partial charge on any atom is 0.282 e. The summed E-state index contributed by atoms with van der Waals surface area (Å²) < 4.78 is 16.1. The highest BCUT2D eigenvalue weighted by Gasteiger charge is 2.40. The predicted molar refractivity (Wildman–Crippen MR) is 120 cm³/mol. The molecule has 2 aliphatic heterocycles. The Morgan fingerprint density at radius 3 is 2.47 bits per heavy atom. The molecular weight excluding hydrogens is 408 g/mol. The van der Waals surface area contributed by atoms with E-state index >= 15 is 0 Å². The molecule has 0 radical (unpaired) electrons. The molecule has 0 saturated carbocycles. The number of benzene rings is 3. The average molecular weight is 428 g/mol. The fraction of sp³-hybridized carbons (Fsp3) is 0.120. The molecule has 0 saturated heterocycles. The van der Waals surface area contributed by atoms with Crippen molar-refractivity contribution in [1.82, 2.24) is 0 Å². The number of nitrogens with one attached hydrogen (secondary N) is 1. The van der Waals surface area contributed by atoms with E-state index in [0.717, 1.165) is 10.5 Å². The zero-order valence-electron chi connectivity index (χ0n) is 17.5. The number of ether oxygens (including phenoxy) is 3. The molecule has 5 rings (SSSR count). The van der Waals surface area contributed by atoms with Crippen LogP contribution in [0.1, 0.15) is 11.1 Å². The lowest BCUT2D eigenvalue weighted by atomic mass is 10.0. The summed E-state index contributed by atoms with van der Waals surface area (Å²) in [6, 6.07) is 19.6.